The average Bonchev–Trinajstić information content (AvgIpc) is 3.03. The first kappa shape index (κ1) is 20.2. The highest BCUT2D eigenvalue weighted by atomic mass is 35.5. The molecule has 0 spiro atoms. The maximum Gasteiger partial charge on any atom is 0.243 e. The van der Waals surface area contributed by atoms with Gasteiger partial charge in [-0.1, -0.05) is 18.2 Å². The van der Waals surface area contributed by atoms with Gasteiger partial charge >= 0.3 is 0 Å². The third-order valence-electron chi connectivity index (χ3n) is 6.88. The minimum absolute atomic E-state index is 0. The highest BCUT2D eigenvalue weighted by molar-refractivity contribution is 5.89. The number of hydrogen-bond donors (Lipinski definition) is 2. The number of piperidine rings is 3. The van der Waals surface area contributed by atoms with E-state index in [1.807, 2.05) is 36.1 Å². The molecule has 6 nitrogen and oxygen atoms in total. The molecule has 2 aromatic rings. The lowest BCUT2D eigenvalue weighted by Gasteiger charge is -2.53. The van der Waals surface area contributed by atoms with Crippen molar-refractivity contribution in [3.8, 4) is 0 Å². The Bertz CT molecular complexity index is 927. The number of furan rings is 1. The Labute approximate surface area is 176 Å². The van der Waals surface area contributed by atoms with E-state index in [9.17, 15) is 9.59 Å². The lowest BCUT2D eigenvalue weighted by molar-refractivity contribution is -0.157. The number of carbonyl (C=O) groups is 2. The van der Waals surface area contributed by atoms with Crippen molar-refractivity contribution in [1.82, 2.24) is 15.5 Å². The van der Waals surface area contributed by atoms with Gasteiger partial charge < -0.3 is 20.0 Å². The van der Waals surface area contributed by atoms with Crippen molar-refractivity contribution in [2.24, 2.45) is 11.8 Å². The van der Waals surface area contributed by atoms with Crippen molar-refractivity contribution in [3.63, 3.8) is 0 Å². The van der Waals surface area contributed by atoms with E-state index in [4.69, 9.17) is 4.42 Å². The second-order valence-electron chi connectivity index (χ2n) is 8.48. The molecular weight excluding hydrogens is 390 g/mol. The summed E-state index contributed by atoms with van der Waals surface area (Å²) in [6.07, 6.45) is 3.55. The summed E-state index contributed by atoms with van der Waals surface area (Å²) in [5, 5.41) is 7.64. The van der Waals surface area contributed by atoms with Crippen molar-refractivity contribution < 1.29 is 14.0 Å². The van der Waals surface area contributed by atoms with Gasteiger partial charge in [0.25, 0.3) is 0 Å². The van der Waals surface area contributed by atoms with Gasteiger partial charge in [-0.25, -0.2) is 0 Å². The van der Waals surface area contributed by atoms with Crippen LogP contribution in [-0.2, 0) is 16.1 Å². The van der Waals surface area contributed by atoms with Crippen molar-refractivity contribution >= 4 is 35.2 Å². The molecule has 3 aliphatic rings. The SMILES string of the molecule is Cc1c(CNC(=O)[C@H]2[C@@H]3CNC[C@@H](C3)[C@@H]3CCCC(=O)N32)oc2ccccc12.Cl. The Morgan fingerprint density at radius 2 is 2.07 bits per heavy atom. The summed E-state index contributed by atoms with van der Waals surface area (Å²) in [5.41, 5.74) is 1.90. The van der Waals surface area contributed by atoms with E-state index in [2.05, 4.69) is 10.6 Å². The van der Waals surface area contributed by atoms with Gasteiger partial charge in [-0.2, -0.15) is 0 Å². The molecule has 0 unspecified atom stereocenters. The van der Waals surface area contributed by atoms with Gasteiger partial charge in [0, 0.05) is 35.9 Å². The number of para-hydroxylation sites is 1. The van der Waals surface area contributed by atoms with Crippen LogP contribution < -0.4 is 10.6 Å². The quantitative estimate of drug-likeness (QED) is 0.805. The van der Waals surface area contributed by atoms with Gasteiger partial charge in [-0.15, -0.1) is 12.4 Å². The molecule has 3 fully saturated rings. The minimum Gasteiger partial charge on any atom is -0.459 e. The molecule has 156 valence electrons. The Morgan fingerprint density at radius 3 is 2.90 bits per heavy atom. The van der Waals surface area contributed by atoms with Crippen molar-refractivity contribution in [3.05, 3.63) is 35.6 Å². The van der Waals surface area contributed by atoms with E-state index in [1.54, 1.807) is 0 Å². The van der Waals surface area contributed by atoms with Crippen LogP contribution in [0.5, 0.6) is 0 Å². The first-order valence-electron chi connectivity index (χ1n) is 10.4. The standard InChI is InChI=1S/C22H27N3O3.ClH/c1-13-16-5-2-3-7-18(16)28-19(13)12-24-22(27)21-15-9-14(10-23-11-15)17-6-4-8-20(26)25(17)21;/h2-3,5,7,14-15,17,21,23H,4,6,8-12H2,1H3,(H,24,27);1H/t14-,15+,17+,21-;/m1./s1. The van der Waals surface area contributed by atoms with Gasteiger partial charge in [0.1, 0.15) is 17.4 Å². The summed E-state index contributed by atoms with van der Waals surface area (Å²) in [6, 6.07) is 7.75. The molecule has 4 heterocycles. The highest BCUT2D eigenvalue weighted by Crippen LogP contribution is 2.39. The second kappa shape index (κ2) is 8.00. The Morgan fingerprint density at radius 1 is 1.28 bits per heavy atom. The van der Waals surface area contributed by atoms with Crippen LogP contribution >= 0.6 is 12.4 Å². The molecule has 7 heteroatoms. The molecule has 1 aromatic heterocycles. The van der Waals surface area contributed by atoms with Crippen molar-refractivity contribution in [2.75, 3.05) is 13.1 Å². The molecule has 29 heavy (non-hydrogen) atoms. The molecule has 5 rings (SSSR count). The Kier molecular flexibility index (Phi) is 5.58. The third kappa shape index (κ3) is 3.42. The second-order valence-corrected chi connectivity index (χ2v) is 8.48. The largest absolute Gasteiger partial charge is 0.459 e. The zero-order chi connectivity index (χ0) is 19.3. The van der Waals surface area contributed by atoms with E-state index < -0.39 is 0 Å². The predicted octanol–water partition coefficient (Wildman–Crippen LogP) is 2.77. The molecule has 0 aliphatic carbocycles. The summed E-state index contributed by atoms with van der Waals surface area (Å²) < 4.78 is 5.94. The number of fused-ring (bicyclic) bond motifs is 5. The number of hydrogen-bond acceptors (Lipinski definition) is 4. The maximum absolute atomic E-state index is 13.2. The van der Waals surface area contributed by atoms with Gasteiger partial charge in [-0.3, -0.25) is 9.59 Å². The monoisotopic (exact) mass is 417 g/mol. The number of rotatable bonds is 3. The number of amides is 2. The van der Waals surface area contributed by atoms with E-state index in [0.29, 0.717) is 18.9 Å². The molecule has 3 aliphatic heterocycles. The molecule has 0 radical (unpaired) electrons. The molecule has 2 amide bonds. The van der Waals surface area contributed by atoms with E-state index in [-0.39, 0.29) is 42.2 Å². The Hall–Kier alpha value is -2.05. The fourth-order valence-electron chi connectivity index (χ4n) is 5.52. The average molecular weight is 418 g/mol. The van der Waals surface area contributed by atoms with Gasteiger partial charge in [0.15, 0.2) is 0 Å². The number of benzene rings is 1. The first-order chi connectivity index (χ1) is 13.6. The topological polar surface area (TPSA) is 74.6 Å². The van der Waals surface area contributed by atoms with E-state index in [0.717, 1.165) is 54.6 Å². The summed E-state index contributed by atoms with van der Waals surface area (Å²) in [5.74, 6) is 1.55. The van der Waals surface area contributed by atoms with Gasteiger partial charge in [-0.05, 0) is 44.7 Å². The van der Waals surface area contributed by atoms with Gasteiger partial charge in [0.05, 0.1) is 6.54 Å². The fourth-order valence-corrected chi connectivity index (χ4v) is 5.52. The fraction of sp³-hybridized carbons (Fsp3) is 0.545. The van der Waals surface area contributed by atoms with Gasteiger partial charge in [0.2, 0.25) is 11.8 Å². The zero-order valence-corrected chi connectivity index (χ0v) is 17.5. The molecule has 1 aromatic carbocycles. The molecule has 4 atom stereocenters. The van der Waals surface area contributed by atoms with E-state index >= 15 is 0 Å². The van der Waals surface area contributed by atoms with Crippen LogP contribution in [-0.4, -0.2) is 41.9 Å². The predicted molar refractivity (Wildman–Crippen MR) is 113 cm³/mol. The molecule has 3 saturated heterocycles. The van der Waals surface area contributed by atoms with E-state index in [1.165, 1.54) is 0 Å². The summed E-state index contributed by atoms with van der Waals surface area (Å²) in [7, 11) is 0. The lowest BCUT2D eigenvalue weighted by atomic mass is 9.72. The van der Waals surface area contributed by atoms with Crippen LogP contribution in [0, 0.1) is 18.8 Å². The van der Waals surface area contributed by atoms with Crippen molar-refractivity contribution in [2.45, 2.75) is 51.2 Å². The van der Waals surface area contributed by atoms with Crippen LogP contribution in [0.4, 0.5) is 0 Å². The molecule has 2 bridgehead atoms. The molecule has 0 saturated carbocycles. The number of nitrogens with zero attached hydrogens (tertiary/aromatic N) is 1. The van der Waals surface area contributed by atoms with Crippen LogP contribution in [0.15, 0.2) is 28.7 Å². The summed E-state index contributed by atoms with van der Waals surface area (Å²) in [6.45, 7) is 4.13. The third-order valence-corrected chi connectivity index (χ3v) is 6.88. The zero-order valence-electron chi connectivity index (χ0n) is 16.6. The number of carbonyl (C=O) groups excluding carboxylic acids is 2. The van der Waals surface area contributed by atoms with Crippen LogP contribution in [0.1, 0.15) is 37.0 Å². The maximum atomic E-state index is 13.2. The Balaban J connectivity index is 0.00000205. The van der Waals surface area contributed by atoms with Crippen LogP contribution in [0.3, 0.4) is 0 Å². The first-order valence-corrected chi connectivity index (χ1v) is 10.4. The smallest absolute Gasteiger partial charge is 0.243 e. The summed E-state index contributed by atoms with van der Waals surface area (Å²) in [4.78, 5) is 27.9. The number of nitrogens with one attached hydrogen (secondary N) is 2. The highest BCUT2D eigenvalue weighted by Gasteiger charge is 2.50. The number of aryl methyl sites for hydroxylation is 1. The summed E-state index contributed by atoms with van der Waals surface area (Å²) >= 11 is 0. The minimum atomic E-state index is -0.369. The lowest BCUT2D eigenvalue weighted by Crippen LogP contribution is -2.67. The molecular formula is C22H28ClN3O3. The normalized spacial score (nSPS) is 28.6. The van der Waals surface area contributed by atoms with Crippen LogP contribution in [0.2, 0.25) is 0 Å². The van der Waals surface area contributed by atoms with Crippen molar-refractivity contribution in [1.29, 1.82) is 0 Å². The molecule has 2 N–H and O–H groups in total. The number of halogens is 1. The van der Waals surface area contributed by atoms with Crippen LogP contribution in [0.25, 0.3) is 11.0 Å².